The van der Waals surface area contributed by atoms with Gasteiger partial charge in [-0.05, 0) is 13.3 Å². The Morgan fingerprint density at radius 3 is 3.00 bits per heavy atom. The maximum atomic E-state index is 11.3. The molecule has 0 aromatic heterocycles. The van der Waals surface area contributed by atoms with Gasteiger partial charge in [0.15, 0.2) is 0 Å². The second-order valence-electron chi connectivity index (χ2n) is 3.06. The fraction of sp³-hybridized carbons (Fsp3) is 0.750. The normalized spacial score (nSPS) is 18.9. The summed E-state index contributed by atoms with van der Waals surface area (Å²) in [4.78, 5) is 13.1. The van der Waals surface area contributed by atoms with Gasteiger partial charge in [-0.15, -0.1) is 0 Å². The molecule has 0 atom stereocenters. The van der Waals surface area contributed by atoms with Crippen LogP contribution in [0, 0.1) is 0 Å². The summed E-state index contributed by atoms with van der Waals surface area (Å²) in [5, 5.41) is 0. The van der Waals surface area contributed by atoms with Gasteiger partial charge in [0, 0.05) is 13.0 Å². The van der Waals surface area contributed by atoms with E-state index in [1.807, 2.05) is 4.90 Å². The lowest BCUT2D eigenvalue weighted by molar-refractivity contribution is -0.143. The number of esters is 1. The molecule has 0 saturated carbocycles. The summed E-state index contributed by atoms with van der Waals surface area (Å²) < 4.78 is 8.96. The van der Waals surface area contributed by atoms with Crippen LogP contribution in [0.25, 0.3) is 0 Å². The van der Waals surface area contributed by atoms with Crippen molar-refractivity contribution in [3.05, 3.63) is 0 Å². The fourth-order valence-corrected chi connectivity index (χ4v) is 2.37. The van der Waals surface area contributed by atoms with Crippen molar-refractivity contribution in [3.8, 4) is 0 Å². The van der Waals surface area contributed by atoms with Crippen molar-refractivity contribution in [2.24, 2.45) is 4.76 Å². The summed E-state index contributed by atoms with van der Waals surface area (Å²) in [7, 11) is 0. The first-order valence-electron chi connectivity index (χ1n) is 4.73. The van der Waals surface area contributed by atoms with Gasteiger partial charge in [-0.1, -0.05) is 22.5 Å². The number of rotatable bonds is 4. The van der Waals surface area contributed by atoms with Gasteiger partial charge in [-0.25, -0.2) is 4.76 Å². The zero-order chi connectivity index (χ0) is 11.3. The number of likely N-dealkylation sites (tertiary alicyclic amines) is 1. The Hall–Kier alpha value is -0.0500. The maximum absolute atomic E-state index is 11.3. The van der Waals surface area contributed by atoms with Crippen LogP contribution in [0.3, 0.4) is 0 Å². The largest absolute Gasteiger partial charge is 0.465 e. The maximum Gasteiger partial charge on any atom is 0.325 e. The second-order valence-corrected chi connectivity index (χ2v) is 6.13. The van der Waals surface area contributed by atoms with Gasteiger partial charge in [0.1, 0.15) is 12.4 Å². The molecule has 1 aliphatic rings. The molecule has 0 bridgehead atoms. The molecule has 1 rings (SSSR count). The van der Waals surface area contributed by atoms with Crippen molar-refractivity contribution in [1.82, 2.24) is 4.90 Å². The first-order valence-corrected chi connectivity index (χ1v) is 7.83. The Kier molecular flexibility index (Phi) is 5.65. The SMILES string of the molecule is CCOC(=O)CN1CCCC1=NP(Cl)Cl. The third-order valence-corrected chi connectivity index (χ3v) is 2.85. The Labute approximate surface area is 100.0 Å². The first-order chi connectivity index (χ1) is 7.13. The van der Waals surface area contributed by atoms with Crippen LogP contribution in [0.4, 0.5) is 0 Å². The summed E-state index contributed by atoms with van der Waals surface area (Å²) in [5.74, 6) is 0.583. The van der Waals surface area contributed by atoms with E-state index >= 15 is 0 Å². The number of carbonyl (C=O) groups is 1. The topological polar surface area (TPSA) is 41.9 Å². The Balaban J connectivity index is 2.50. The highest BCUT2D eigenvalue weighted by molar-refractivity contribution is 8.03. The quantitative estimate of drug-likeness (QED) is 0.583. The summed E-state index contributed by atoms with van der Waals surface area (Å²) in [6.45, 7) is 1.91. The van der Waals surface area contributed by atoms with E-state index in [1.165, 1.54) is 0 Å². The molecular formula is C8H13Cl2N2O2P. The zero-order valence-corrected chi connectivity index (χ0v) is 10.9. The number of amidine groups is 1. The lowest BCUT2D eigenvalue weighted by Gasteiger charge is -2.17. The zero-order valence-electron chi connectivity index (χ0n) is 8.45. The van der Waals surface area contributed by atoms with Crippen LogP contribution >= 0.6 is 29.3 Å². The van der Waals surface area contributed by atoms with Crippen molar-refractivity contribution in [3.63, 3.8) is 0 Å². The number of ether oxygens (including phenoxy) is 1. The van der Waals surface area contributed by atoms with Crippen LogP contribution in [-0.4, -0.2) is 36.4 Å². The van der Waals surface area contributed by atoms with Gasteiger partial charge < -0.3 is 9.64 Å². The van der Waals surface area contributed by atoms with Crippen LogP contribution in [0.2, 0.25) is 0 Å². The predicted molar refractivity (Wildman–Crippen MR) is 63.5 cm³/mol. The Morgan fingerprint density at radius 1 is 1.67 bits per heavy atom. The van der Waals surface area contributed by atoms with Gasteiger partial charge in [0.05, 0.1) is 6.61 Å². The summed E-state index contributed by atoms with van der Waals surface area (Å²) in [6, 6.07) is 0. The van der Waals surface area contributed by atoms with E-state index in [9.17, 15) is 4.79 Å². The van der Waals surface area contributed by atoms with Crippen molar-refractivity contribution in [2.45, 2.75) is 19.8 Å². The van der Waals surface area contributed by atoms with Crippen molar-refractivity contribution < 1.29 is 9.53 Å². The van der Waals surface area contributed by atoms with E-state index in [4.69, 9.17) is 27.2 Å². The lowest BCUT2D eigenvalue weighted by Crippen LogP contribution is -2.31. The molecule has 0 amide bonds. The van der Waals surface area contributed by atoms with E-state index < -0.39 is 6.78 Å². The van der Waals surface area contributed by atoms with E-state index in [-0.39, 0.29) is 12.5 Å². The molecule has 0 unspecified atom stereocenters. The molecule has 1 aliphatic heterocycles. The van der Waals surface area contributed by atoms with E-state index in [0.29, 0.717) is 6.61 Å². The molecule has 1 saturated heterocycles. The molecule has 1 heterocycles. The van der Waals surface area contributed by atoms with Crippen LogP contribution in [0.15, 0.2) is 4.76 Å². The molecule has 0 N–H and O–H groups in total. The van der Waals surface area contributed by atoms with E-state index in [0.717, 1.165) is 25.2 Å². The summed E-state index contributed by atoms with van der Waals surface area (Å²) >= 11 is 11.2. The molecule has 15 heavy (non-hydrogen) atoms. The lowest BCUT2D eigenvalue weighted by atomic mass is 10.4. The number of hydrogen-bond acceptors (Lipinski definition) is 3. The van der Waals surface area contributed by atoms with Gasteiger partial charge in [0.25, 0.3) is 0 Å². The van der Waals surface area contributed by atoms with Gasteiger partial charge in [-0.2, -0.15) is 0 Å². The number of hydrogen-bond donors (Lipinski definition) is 0. The van der Waals surface area contributed by atoms with Crippen molar-refractivity contribution in [1.29, 1.82) is 0 Å². The highest BCUT2D eigenvalue weighted by Gasteiger charge is 2.22. The molecular weight excluding hydrogens is 258 g/mol. The molecule has 7 heteroatoms. The van der Waals surface area contributed by atoms with Crippen LogP contribution in [-0.2, 0) is 9.53 Å². The number of halogens is 2. The van der Waals surface area contributed by atoms with Crippen LogP contribution in [0.5, 0.6) is 0 Å². The summed E-state index contributed by atoms with van der Waals surface area (Å²) in [5.41, 5.74) is 0. The minimum absolute atomic E-state index is 0.236. The highest BCUT2D eigenvalue weighted by Crippen LogP contribution is 2.49. The van der Waals surface area contributed by atoms with Crippen molar-refractivity contribution >= 4 is 41.1 Å². The van der Waals surface area contributed by atoms with Gasteiger partial charge in [-0.3, -0.25) is 4.79 Å². The fourth-order valence-electron chi connectivity index (χ4n) is 1.45. The molecule has 0 spiro atoms. The third kappa shape index (κ3) is 4.54. The smallest absolute Gasteiger partial charge is 0.325 e. The molecule has 0 radical (unpaired) electrons. The molecule has 0 aliphatic carbocycles. The second kappa shape index (κ2) is 6.51. The van der Waals surface area contributed by atoms with Crippen LogP contribution < -0.4 is 0 Å². The van der Waals surface area contributed by atoms with Gasteiger partial charge in [0.2, 0.25) is 6.78 Å². The standard InChI is InChI=1S/C8H13Cl2N2O2P/c1-2-14-8(13)6-12-5-3-4-7(12)11-15(9)10/h2-6H2,1H3. The Morgan fingerprint density at radius 2 is 2.40 bits per heavy atom. The highest BCUT2D eigenvalue weighted by atomic mass is 35.9. The molecule has 0 aromatic rings. The summed E-state index contributed by atoms with van der Waals surface area (Å²) in [6.07, 6.45) is 1.81. The van der Waals surface area contributed by atoms with E-state index in [1.54, 1.807) is 6.92 Å². The number of nitrogens with zero attached hydrogens (tertiary/aromatic N) is 2. The monoisotopic (exact) mass is 270 g/mol. The Bertz CT molecular complexity index is 261. The molecule has 86 valence electrons. The first kappa shape index (κ1) is 13.0. The number of carbonyl (C=O) groups excluding carboxylic acids is 1. The average molecular weight is 271 g/mol. The molecule has 4 nitrogen and oxygen atoms in total. The van der Waals surface area contributed by atoms with Crippen molar-refractivity contribution in [2.75, 3.05) is 19.7 Å². The predicted octanol–water partition coefficient (Wildman–Crippen LogP) is 2.75. The van der Waals surface area contributed by atoms with E-state index in [2.05, 4.69) is 4.76 Å². The minimum atomic E-state index is -1.33. The average Bonchev–Trinajstić information content (AvgIpc) is 2.52. The molecule has 1 fully saturated rings. The minimum Gasteiger partial charge on any atom is -0.465 e. The third-order valence-electron chi connectivity index (χ3n) is 2.01. The van der Waals surface area contributed by atoms with Gasteiger partial charge >= 0.3 is 5.97 Å². The molecule has 0 aromatic carbocycles. The van der Waals surface area contributed by atoms with Crippen LogP contribution in [0.1, 0.15) is 19.8 Å².